The Hall–Kier alpha value is -2.55. The fraction of sp³-hybridized carbons (Fsp3) is 0.308. The number of carbonyl (C=O) groups excluding carboxylic acids is 1. The zero-order chi connectivity index (χ0) is 15.1. The van der Waals surface area contributed by atoms with E-state index in [1.54, 1.807) is 23.4 Å². The van der Waals surface area contributed by atoms with Gasteiger partial charge in [-0.15, -0.1) is 10.2 Å². The van der Waals surface area contributed by atoms with Gasteiger partial charge in [0.2, 0.25) is 0 Å². The predicted molar refractivity (Wildman–Crippen MR) is 75.3 cm³/mol. The van der Waals surface area contributed by atoms with Crippen molar-refractivity contribution in [3.05, 3.63) is 35.7 Å². The second kappa shape index (κ2) is 5.02. The van der Waals surface area contributed by atoms with Crippen LogP contribution in [-0.2, 0) is 0 Å². The zero-order valence-electron chi connectivity index (χ0n) is 11.6. The highest BCUT2D eigenvalue weighted by Crippen LogP contribution is 2.29. The lowest BCUT2D eigenvalue weighted by molar-refractivity contribution is 0.0554. The third-order valence-electron chi connectivity index (χ3n) is 3.60. The number of amides is 1. The first kappa shape index (κ1) is 13.1. The van der Waals surface area contributed by atoms with Gasteiger partial charge in [-0.05, 0) is 24.5 Å². The summed E-state index contributed by atoms with van der Waals surface area (Å²) in [7, 11) is 0. The molecule has 8 nitrogen and oxygen atoms in total. The minimum absolute atomic E-state index is 0.00118. The fourth-order valence-electron chi connectivity index (χ4n) is 2.38. The maximum absolute atomic E-state index is 12.3. The Labute approximate surface area is 128 Å². The molecule has 0 aliphatic carbocycles. The molecule has 0 radical (unpaired) electrons. The molecule has 0 N–H and O–H groups in total. The van der Waals surface area contributed by atoms with Gasteiger partial charge in [-0.1, -0.05) is 5.16 Å². The first-order valence-corrected chi connectivity index (χ1v) is 7.44. The van der Waals surface area contributed by atoms with E-state index in [1.807, 2.05) is 6.92 Å². The summed E-state index contributed by atoms with van der Waals surface area (Å²) in [6.07, 6.45) is 3.26. The fourth-order valence-corrected chi connectivity index (χ4v) is 2.90. The van der Waals surface area contributed by atoms with E-state index >= 15 is 0 Å². The summed E-state index contributed by atoms with van der Waals surface area (Å²) in [5, 5.41) is 11.7. The molecule has 9 heteroatoms. The maximum atomic E-state index is 12.3. The van der Waals surface area contributed by atoms with E-state index in [9.17, 15) is 4.79 Å². The Kier molecular flexibility index (Phi) is 3.00. The summed E-state index contributed by atoms with van der Waals surface area (Å²) in [6.45, 7) is 3.09. The standard InChI is InChI=1S/C13H11N5O3S/c1-7-6-20-17-10(7)8-4-18(5-8)13(19)12-16-15-11(21-12)9-2-3-14-22-9/h2-3,6,8H,4-5H2,1H3. The number of nitrogens with zero attached hydrogens (tertiary/aromatic N) is 5. The molecule has 0 bridgehead atoms. The van der Waals surface area contributed by atoms with E-state index in [1.165, 1.54) is 11.5 Å². The highest BCUT2D eigenvalue weighted by atomic mass is 32.1. The van der Waals surface area contributed by atoms with Gasteiger partial charge in [0.05, 0.1) is 5.69 Å². The second-order valence-electron chi connectivity index (χ2n) is 5.08. The number of aromatic nitrogens is 4. The highest BCUT2D eigenvalue weighted by Gasteiger charge is 2.37. The van der Waals surface area contributed by atoms with E-state index < -0.39 is 0 Å². The molecule has 0 saturated carbocycles. The highest BCUT2D eigenvalue weighted by molar-refractivity contribution is 7.09. The molecule has 0 spiro atoms. The molecule has 4 rings (SSSR count). The van der Waals surface area contributed by atoms with Gasteiger partial charge in [0, 0.05) is 30.8 Å². The molecular formula is C13H11N5O3S. The van der Waals surface area contributed by atoms with E-state index in [-0.39, 0.29) is 17.7 Å². The monoisotopic (exact) mass is 317 g/mol. The predicted octanol–water partition coefficient (Wildman–Crippen LogP) is 1.73. The Morgan fingerprint density at radius 1 is 1.41 bits per heavy atom. The molecular weight excluding hydrogens is 306 g/mol. The largest absolute Gasteiger partial charge is 0.411 e. The van der Waals surface area contributed by atoms with Crippen LogP contribution in [0.1, 0.15) is 27.9 Å². The molecule has 3 aromatic rings. The number of hydrogen-bond donors (Lipinski definition) is 0. The Bertz CT molecular complexity index is 803. The topological polar surface area (TPSA) is 98.2 Å². The van der Waals surface area contributed by atoms with Gasteiger partial charge in [0.25, 0.3) is 5.89 Å². The van der Waals surface area contributed by atoms with Gasteiger partial charge in [-0.25, -0.2) is 4.37 Å². The van der Waals surface area contributed by atoms with Crippen molar-refractivity contribution in [3.8, 4) is 10.8 Å². The smallest absolute Gasteiger partial charge is 0.311 e. The van der Waals surface area contributed by atoms with Crippen molar-refractivity contribution in [1.82, 2.24) is 24.6 Å². The number of likely N-dealkylation sites (tertiary alicyclic amines) is 1. The number of rotatable bonds is 3. The molecule has 0 unspecified atom stereocenters. The van der Waals surface area contributed by atoms with Crippen molar-refractivity contribution in [2.24, 2.45) is 0 Å². The summed E-state index contributed by atoms with van der Waals surface area (Å²) in [6, 6.07) is 1.76. The molecule has 1 aliphatic heterocycles. The normalized spacial score (nSPS) is 15.0. The van der Waals surface area contributed by atoms with Crippen molar-refractivity contribution in [3.63, 3.8) is 0 Å². The van der Waals surface area contributed by atoms with Crippen LogP contribution in [0.15, 0.2) is 27.5 Å². The van der Waals surface area contributed by atoms with Gasteiger partial charge >= 0.3 is 11.8 Å². The quantitative estimate of drug-likeness (QED) is 0.725. The van der Waals surface area contributed by atoms with Crippen LogP contribution in [0.25, 0.3) is 10.8 Å². The Balaban J connectivity index is 1.45. The third-order valence-corrected chi connectivity index (χ3v) is 4.33. The van der Waals surface area contributed by atoms with Gasteiger partial charge in [-0.3, -0.25) is 4.79 Å². The molecule has 1 amide bonds. The summed E-state index contributed by atoms with van der Waals surface area (Å²) < 4.78 is 14.3. The van der Waals surface area contributed by atoms with Crippen LogP contribution < -0.4 is 0 Å². The first-order chi connectivity index (χ1) is 10.7. The summed E-state index contributed by atoms with van der Waals surface area (Å²) in [4.78, 5) is 14.7. The average molecular weight is 317 g/mol. The van der Waals surface area contributed by atoms with Gasteiger partial charge in [-0.2, -0.15) is 0 Å². The van der Waals surface area contributed by atoms with E-state index in [0.717, 1.165) is 16.1 Å². The van der Waals surface area contributed by atoms with Crippen molar-refractivity contribution in [2.75, 3.05) is 13.1 Å². The maximum Gasteiger partial charge on any atom is 0.311 e. The van der Waals surface area contributed by atoms with Crippen LogP contribution in [0.5, 0.6) is 0 Å². The van der Waals surface area contributed by atoms with Crippen LogP contribution in [0.3, 0.4) is 0 Å². The lowest BCUT2D eigenvalue weighted by Crippen LogP contribution is -2.48. The second-order valence-corrected chi connectivity index (χ2v) is 5.91. The lowest BCUT2D eigenvalue weighted by atomic mass is 9.94. The van der Waals surface area contributed by atoms with Crippen LogP contribution in [-0.4, -0.2) is 43.6 Å². The van der Waals surface area contributed by atoms with Gasteiger partial charge in [0.1, 0.15) is 11.1 Å². The SMILES string of the molecule is Cc1conc1C1CN(C(=O)c2nnc(-c3ccns3)o2)C1. The Morgan fingerprint density at radius 2 is 2.27 bits per heavy atom. The van der Waals surface area contributed by atoms with E-state index in [4.69, 9.17) is 8.94 Å². The number of aryl methyl sites for hydroxylation is 1. The van der Waals surface area contributed by atoms with Crippen molar-refractivity contribution >= 4 is 17.4 Å². The zero-order valence-corrected chi connectivity index (χ0v) is 12.4. The van der Waals surface area contributed by atoms with Gasteiger partial charge < -0.3 is 13.8 Å². The van der Waals surface area contributed by atoms with Crippen LogP contribution >= 0.6 is 11.5 Å². The van der Waals surface area contributed by atoms with Crippen LogP contribution in [0.4, 0.5) is 0 Å². The van der Waals surface area contributed by atoms with Crippen molar-refractivity contribution in [1.29, 1.82) is 0 Å². The molecule has 22 heavy (non-hydrogen) atoms. The van der Waals surface area contributed by atoms with Crippen molar-refractivity contribution < 1.29 is 13.7 Å². The molecule has 3 aromatic heterocycles. The molecule has 1 fully saturated rings. The summed E-state index contributed by atoms with van der Waals surface area (Å²) >= 11 is 1.24. The van der Waals surface area contributed by atoms with Crippen LogP contribution in [0.2, 0.25) is 0 Å². The molecule has 0 aromatic carbocycles. The molecule has 112 valence electrons. The van der Waals surface area contributed by atoms with Gasteiger partial charge in [0.15, 0.2) is 0 Å². The number of hydrogen-bond acceptors (Lipinski definition) is 8. The Morgan fingerprint density at radius 3 is 2.95 bits per heavy atom. The third kappa shape index (κ3) is 2.10. The molecule has 0 atom stereocenters. The van der Waals surface area contributed by atoms with E-state index in [0.29, 0.717) is 19.0 Å². The summed E-state index contributed by atoms with van der Waals surface area (Å²) in [5.41, 5.74) is 1.90. The number of carbonyl (C=O) groups is 1. The molecule has 4 heterocycles. The van der Waals surface area contributed by atoms with Crippen LogP contribution in [0, 0.1) is 6.92 Å². The minimum Gasteiger partial charge on any atom is -0.411 e. The minimum atomic E-state index is -0.263. The van der Waals surface area contributed by atoms with Crippen molar-refractivity contribution in [2.45, 2.75) is 12.8 Å². The lowest BCUT2D eigenvalue weighted by Gasteiger charge is -2.37. The molecule has 1 aliphatic rings. The first-order valence-electron chi connectivity index (χ1n) is 6.67. The average Bonchev–Trinajstić information content (AvgIpc) is 3.17. The summed E-state index contributed by atoms with van der Waals surface area (Å²) in [5.74, 6) is 0.251. The van der Waals surface area contributed by atoms with E-state index in [2.05, 4.69) is 19.7 Å². The molecule has 1 saturated heterocycles.